The van der Waals surface area contributed by atoms with E-state index in [1.165, 1.54) is 5.56 Å². The molecule has 1 radical (unpaired) electrons. The predicted molar refractivity (Wildman–Crippen MR) is 64.3 cm³/mol. The Balaban J connectivity index is 2.48. The molecule has 2 aromatic rings. The van der Waals surface area contributed by atoms with Gasteiger partial charge >= 0.3 is 0 Å². The summed E-state index contributed by atoms with van der Waals surface area (Å²) in [5.74, 6) is -0.0251. The first-order valence-corrected chi connectivity index (χ1v) is 4.97. The molecule has 0 atom stereocenters. The van der Waals surface area contributed by atoms with Crippen LogP contribution in [0.1, 0.15) is 11.3 Å². The molecule has 3 N–H and O–H groups in total. The van der Waals surface area contributed by atoms with Crippen molar-refractivity contribution in [1.29, 1.82) is 5.41 Å². The third-order valence-electron chi connectivity index (χ3n) is 2.26. The Morgan fingerprint density at radius 1 is 1.38 bits per heavy atom. The summed E-state index contributed by atoms with van der Waals surface area (Å²) >= 11 is 0. The van der Waals surface area contributed by atoms with Crippen LogP contribution in [0, 0.1) is 18.4 Å². The first-order chi connectivity index (χ1) is 7.66. The summed E-state index contributed by atoms with van der Waals surface area (Å²) in [4.78, 5) is 4.28. The fraction of sp³-hybridized carbons (Fsp3) is 0.0769. The Labute approximate surface area is 94.5 Å². The van der Waals surface area contributed by atoms with Gasteiger partial charge in [-0.05, 0) is 25.1 Å². The molecule has 0 spiro atoms. The minimum absolute atomic E-state index is 0.0251. The van der Waals surface area contributed by atoms with Crippen LogP contribution in [0.4, 0.5) is 0 Å². The van der Waals surface area contributed by atoms with E-state index in [9.17, 15) is 0 Å². The molecule has 3 heteroatoms. The number of nitrogens with two attached hydrogens (primary N) is 1. The topological polar surface area (TPSA) is 62.8 Å². The van der Waals surface area contributed by atoms with Crippen LogP contribution in [0.5, 0.6) is 0 Å². The quantitative estimate of drug-likeness (QED) is 0.589. The molecule has 0 saturated heterocycles. The molecule has 0 aliphatic heterocycles. The number of rotatable bonds is 2. The number of aryl methyl sites for hydroxylation is 1. The van der Waals surface area contributed by atoms with Gasteiger partial charge in [-0.15, -0.1) is 0 Å². The van der Waals surface area contributed by atoms with Crippen molar-refractivity contribution in [3.8, 4) is 11.3 Å². The number of benzene rings is 1. The average Bonchev–Trinajstić information content (AvgIpc) is 2.29. The average molecular weight is 210 g/mol. The fourth-order valence-corrected chi connectivity index (χ4v) is 1.48. The summed E-state index contributed by atoms with van der Waals surface area (Å²) in [5.41, 5.74) is 8.75. The van der Waals surface area contributed by atoms with E-state index in [1.54, 1.807) is 12.1 Å². The van der Waals surface area contributed by atoms with Crippen LogP contribution in [0.2, 0.25) is 0 Å². The van der Waals surface area contributed by atoms with Crippen LogP contribution in [-0.2, 0) is 0 Å². The molecular weight excluding hydrogens is 198 g/mol. The lowest BCUT2D eigenvalue weighted by atomic mass is 10.1. The van der Waals surface area contributed by atoms with Crippen molar-refractivity contribution in [2.45, 2.75) is 6.92 Å². The molecule has 0 fully saturated rings. The molecule has 0 bridgehead atoms. The third kappa shape index (κ3) is 2.08. The van der Waals surface area contributed by atoms with E-state index >= 15 is 0 Å². The van der Waals surface area contributed by atoms with Gasteiger partial charge in [0.2, 0.25) is 0 Å². The maximum absolute atomic E-state index is 7.34. The number of nitrogens with zero attached hydrogens (tertiary/aromatic N) is 1. The zero-order chi connectivity index (χ0) is 11.5. The fourth-order valence-electron chi connectivity index (χ4n) is 1.48. The number of pyridine rings is 1. The normalized spacial score (nSPS) is 10.1. The Bertz CT molecular complexity index is 532. The number of nitrogens with one attached hydrogen (secondary N) is 1. The van der Waals surface area contributed by atoms with Crippen molar-refractivity contribution < 1.29 is 0 Å². The summed E-state index contributed by atoms with van der Waals surface area (Å²) in [7, 11) is 0. The Morgan fingerprint density at radius 3 is 2.88 bits per heavy atom. The van der Waals surface area contributed by atoms with Crippen LogP contribution in [0.15, 0.2) is 36.4 Å². The molecule has 1 heterocycles. The van der Waals surface area contributed by atoms with E-state index < -0.39 is 0 Å². The lowest BCUT2D eigenvalue weighted by Crippen LogP contribution is -2.13. The molecule has 0 amide bonds. The molecule has 0 aliphatic rings. The van der Waals surface area contributed by atoms with Gasteiger partial charge in [-0.25, -0.2) is 4.98 Å². The van der Waals surface area contributed by atoms with Gasteiger partial charge in [0.1, 0.15) is 11.5 Å². The van der Waals surface area contributed by atoms with E-state index in [1.807, 2.05) is 31.2 Å². The lowest BCUT2D eigenvalue weighted by molar-refractivity contribution is 1.25. The molecule has 3 nitrogen and oxygen atoms in total. The summed E-state index contributed by atoms with van der Waals surface area (Å²) in [6.07, 6.45) is 0. The molecule has 1 aromatic carbocycles. The third-order valence-corrected chi connectivity index (χ3v) is 2.26. The van der Waals surface area contributed by atoms with E-state index in [4.69, 9.17) is 11.1 Å². The summed E-state index contributed by atoms with van der Waals surface area (Å²) in [6.45, 7) is 2.03. The van der Waals surface area contributed by atoms with Gasteiger partial charge < -0.3 is 5.73 Å². The first-order valence-electron chi connectivity index (χ1n) is 4.97. The Kier molecular flexibility index (Phi) is 2.68. The smallest absolute Gasteiger partial charge is 0.141 e. The second-order valence-electron chi connectivity index (χ2n) is 3.61. The van der Waals surface area contributed by atoms with Crippen LogP contribution < -0.4 is 5.73 Å². The van der Waals surface area contributed by atoms with Crippen LogP contribution >= 0.6 is 0 Å². The molecule has 16 heavy (non-hydrogen) atoms. The largest absolute Gasteiger partial charge is 0.382 e. The number of aromatic nitrogens is 1. The standard InChI is InChI=1S/C13H12N3/c1-9-4-2-5-10(8-9)11-6-3-7-12(16-11)13(14)15/h2-5,7-8H,1H3,(H3,14,15). The van der Waals surface area contributed by atoms with Crippen molar-refractivity contribution in [1.82, 2.24) is 4.98 Å². The van der Waals surface area contributed by atoms with Crippen molar-refractivity contribution in [2.24, 2.45) is 5.73 Å². The highest BCUT2D eigenvalue weighted by molar-refractivity contribution is 5.93. The van der Waals surface area contributed by atoms with Gasteiger partial charge in [0.15, 0.2) is 0 Å². The second kappa shape index (κ2) is 4.14. The zero-order valence-electron chi connectivity index (χ0n) is 8.99. The minimum atomic E-state index is -0.0251. The van der Waals surface area contributed by atoms with E-state index in [0.29, 0.717) is 5.69 Å². The highest BCUT2D eigenvalue weighted by Crippen LogP contribution is 2.17. The van der Waals surface area contributed by atoms with E-state index in [0.717, 1.165) is 11.3 Å². The molecule has 1 aromatic heterocycles. The lowest BCUT2D eigenvalue weighted by Gasteiger charge is -2.03. The van der Waals surface area contributed by atoms with Crippen LogP contribution in [0.3, 0.4) is 0 Å². The molecule has 2 rings (SSSR count). The van der Waals surface area contributed by atoms with Crippen molar-refractivity contribution in [2.75, 3.05) is 0 Å². The minimum Gasteiger partial charge on any atom is -0.382 e. The monoisotopic (exact) mass is 210 g/mol. The van der Waals surface area contributed by atoms with E-state index in [2.05, 4.69) is 11.1 Å². The Morgan fingerprint density at radius 2 is 2.19 bits per heavy atom. The predicted octanol–water partition coefficient (Wildman–Crippen LogP) is 2.14. The summed E-state index contributed by atoms with van der Waals surface area (Å²) in [6, 6.07) is 14.5. The van der Waals surface area contributed by atoms with Crippen LogP contribution in [-0.4, -0.2) is 10.8 Å². The SMILES string of the molecule is Cc1cccc(-c2[c]ccc(C(=N)N)n2)c1. The van der Waals surface area contributed by atoms with Crippen molar-refractivity contribution in [3.63, 3.8) is 0 Å². The molecule has 79 valence electrons. The highest BCUT2D eigenvalue weighted by atomic mass is 14.8. The number of nitrogen functional groups attached to an aromatic ring is 1. The zero-order valence-corrected chi connectivity index (χ0v) is 8.99. The molecule has 0 unspecified atom stereocenters. The Hall–Kier alpha value is -2.16. The maximum atomic E-state index is 7.34. The molecule has 0 aliphatic carbocycles. The van der Waals surface area contributed by atoms with Gasteiger partial charge in [0.05, 0.1) is 5.69 Å². The number of hydrogen-bond donors (Lipinski definition) is 2. The summed E-state index contributed by atoms with van der Waals surface area (Å²) in [5, 5.41) is 7.34. The second-order valence-corrected chi connectivity index (χ2v) is 3.61. The van der Waals surface area contributed by atoms with Gasteiger partial charge in [0, 0.05) is 11.6 Å². The number of hydrogen-bond acceptors (Lipinski definition) is 2. The van der Waals surface area contributed by atoms with Gasteiger partial charge in [-0.1, -0.05) is 23.8 Å². The first kappa shape index (κ1) is 10.4. The maximum Gasteiger partial charge on any atom is 0.141 e. The highest BCUT2D eigenvalue weighted by Gasteiger charge is 2.03. The van der Waals surface area contributed by atoms with Gasteiger partial charge in [0.25, 0.3) is 0 Å². The molecule has 0 saturated carbocycles. The van der Waals surface area contributed by atoms with Crippen molar-refractivity contribution in [3.05, 3.63) is 53.7 Å². The van der Waals surface area contributed by atoms with Crippen LogP contribution in [0.25, 0.3) is 11.3 Å². The van der Waals surface area contributed by atoms with Gasteiger partial charge in [-0.3, -0.25) is 5.41 Å². The van der Waals surface area contributed by atoms with Crippen molar-refractivity contribution >= 4 is 5.84 Å². The summed E-state index contributed by atoms with van der Waals surface area (Å²) < 4.78 is 0. The van der Waals surface area contributed by atoms with E-state index in [-0.39, 0.29) is 5.84 Å². The number of amidine groups is 1. The molecular formula is C13H12N3. The van der Waals surface area contributed by atoms with Gasteiger partial charge in [-0.2, -0.15) is 0 Å².